The number of anilines is 1. The number of fused-ring (bicyclic) bond motifs is 3. The minimum absolute atomic E-state index is 0.129. The highest BCUT2D eigenvalue weighted by atomic mass is 19.1. The first-order valence-electron chi connectivity index (χ1n) is 11.0. The first-order valence-corrected chi connectivity index (χ1v) is 11.0. The number of hydrogen-bond acceptors (Lipinski definition) is 5. The number of carbonyl (C=O) groups excluding carboxylic acids is 2. The van der Waals surface area contributed by atoms with Crippen LogP contribution in [0.1, 0.15) is 47.6 Å². The number of hydrogen-bond donors (Lipinski definition) is 2. The lowest BCUT2D eigenvalue weighted by molar-refractivity contribution is 0.0625. The van der Waals surface area contributed by atoms with Crippen LogP contribution in [0, 0.1) is 23.1 Å². The summed E-state index contributed by atoms with van der Waals surface area (Å²) < 4.78 is 15.3. The molecule has 0 spiro atoms. The molecule has 0 fully saturated rings. The topological polar surface area (TPSA) is 114 Å². The zero-order valence-corrected chi connectivity index (χ0v) is 18.9. The largest absolute Gasteiger partial charge is 0.393 e. The molecule has 33 heavy (non-hydrogen) atoms. The monoisotopic (exact) mass is 454 g/mol. The van der Waals surface area contributed by atoms with Crippen molar-refractivity contribution in [2.75, 3.05) is 18.9 Å². The van der Waals surface area contributed by atoms with E-state index in [4.69, 9.17) is 5.26 Å². The molecule has 3 amide bonds. The fraction of sp³-hybridized carbons (Fsp3) is 0.478. The average Bonchev–Trinajstić information content (AvgIpc) is 3.08. The number of carbonyl (C=O) groups is 2. The zero-order chi connectivity index (χ0) is 23.9. The van der Waals surface area contributed by atoms with Crippen molar-refractivity contribution in [1.29, 1.82) is 5.26 Å². The molecule has 2 unspecified atom stereocenters. The Morgan fingerprint density at radius 3 is 2.88 bits per heavy atom. The van der Waals surface area contributed by atoms with Crippen LogP contribution in [0.15, 0.2) is 18.2 Å². The normalized spacial score (nSPS) is 21.0. The molecule has 1 aromatic carbocycles. The molecule has 2 N–H and O–H groups in total. The highest BCUT2D eigenvalue weighted by molar-refractivity contribution is 5.95. The van der Waals surface area contributed by atoms with Crippen LogP contribution in [0.2, 0.25) is 0 Å². The number of nitrogens with one attached hydrogen (secondary N) is 1. The van der Waals surface area contributed by atoms with Crippen molar-refractivity contribution in [3.05, 3.63) is 46.5 Å². The van der Waals surface area contributed by atoms with E-state index in [1.165, 1.54) is 12.1 Å². The number of aromatic nitrogens is 2. The maximum absolute atomic E-state index is 13.6. The lowest BCUT2D eigenvalue weighted by atomic mass is 9.99. The van der Waals surface area contributed by atoms with Crippen LogP contribution in [0.3, 0.4) is 0 Å². The molecule has 9 nitrogen and oxygen atoms in total. The molecule has 0 saturated carbocycles. The van der Waals surface area contributed by atoms with E-state index in [0.717, 1.165) is 11.8 Å². The molecular weight excluding hydrogens is 427 g/mol. The van der Waals surface area contributed by atoms with Gasteiger partial charge in [0, 0.05) is 49.8 Å². The number of aliphatic hydroxyl groups excluding tert-OH is 1. The highest BCUT2D eigenvalue weighted by Gasteiger charge is 2.38. The number of aliphatic hydroxyl groups is 1. The molecule has 0 aliphatic carbocycles. The van der Waals surface area contributed by atoms with E-state index in [-0.39, 0.29) is 30.0 Å². The van der Waals surface area contributed by atoms with Crippen LogP contribution >= 0.6 is 0 Å². The van der Waals surface area contributed by atoms with Crippen LogP contribution in [-0.4, -0.2) is 62.4 Å². The second-order valence-corrected chi connectivity index (χ2v) is 8.79. The first kappa shape index (κ1) is 22.7. The van der Waals surface area contributed by atoms with Gasteiger partial charge in [-0.05, 0) is 31.5 Å². The summed E-state index contributed by atoms with van der Waals surface area (Å²) in [6, 6.07) is 5.00. The molecule has 3 atom stereocenters. The molecule has 0 bridgehead atoms. The molecule has 0 saturated heterocycles. The number of nitriles is 1. The van der Waals surface area contributed by atoms with Crippen LogP contribution in [0.25, 0.3) is 0 Å². The van der Waals surface area contributed by atoms with Crippen molar-refractivity contribution < 1.29 is 19.1 Å². The van der Waals surface area contributed by atoms with E-state index < -0.39 is 18.0 Å². The van der Waals surface area contributed by atoms with E-state index in [1.807, 2.05) is 13.8 Å². The third-order valence-electron chi connectivity index (χ3n) is 6.51. The third kappa shape index (κ3) is 4.16. The molecule has 1 aromatic heterocycles. The fourth-order valence-corrected chi connectivity index (χ4v) is 4.59. The van der Waals surface area contributed by atoms with Crippen molar-refractivity contribution in [2.24, 2.45) is 5.92 Å². The minimum atomic E-state index is -0.650. The Morgan fingerprint density at radius 1 is 1.42 bits per heavy atom. The van der Waals surface area contributed by atoms with Gasteiger partial charge in [0.1, 0.15) is 17.6 Å². The van der Waals surface area contributed by atoms with Gasteiger partial charge in [0.2, 0.25) is 0 Å². The van der Waals surface area contributed by atoms with Gasteiger partial charge in [-0.25, -0.2) is 9.18 Å². The number of rotatable bonds is 3. The smallest absolute Gasteiger partial charge is 0.322 e. The molecule has 10 heteroatoms. The SMILES string of the molecule is CC[C@@H](O)C1CN(C)C(=O)c2c3c(nn2C1)CC(C)N(C(=O)Nc1ccc(F)c(C#N)c1)C3. The van der Waals surface area contributed by atoms with Crippen molar-refractivity contribution in [1.82, 2.24) is 19.6 Å². The average molecular weight is 455 g/mol. The Kier molecular flexibility index (Phi) is 6.08. The highest BCUT2D eigenvalue weighted by Crippen LogP contribution is 2.30. The Morgan fingerprint density at radius 2 is 2.18 bits per heavy atom. The summed E-state index contributed by atoms with van der Waals surface area (Å²) >= 11 is 0. The summed E-state index contributed by atoms with van der Waals surface area (Å²) in [6.45, 7) is 4.87. The van der Waals surface area contributed by atoms with Gasteiger partial charge in [-0.15, -0.1) is 0 Å². The van der Waals surface area contributed by atoms with Gasteiger partial charge in [0.15, 0.2) is 0 Å². The molecular formula is C23H27FN6O3. The van der Waals surface area contributed by atoms with E-state index >= 15 is 0 Å². The standard InChI is InChI=1S/C23H27FN6O3/c1-4-20(31)15-10-28(3)22(32)21-17-12-29(13(2)7-19(17)27-30(21)11-15)23(33)26-16-5-6-18(24)14(8-16)9-25/h5-6,8,13,15,20,31H,4,7,10-12H2,1-3H3,(H,26,33)/t13?,15?,20-/m1/s1. The van der Waals surface area contributed by atoms with E-state index in [9.17, 15) is 19.1 Å². The molecule has 2 aromatic rings. The van der Waals surface area contributed by atoms with Gasteiger partial charge in [0.25, 0.3) is 5.91 Å². The Labute approximate surface area is 191 Å². The quantitative estimate of drug-likeness (QED) is 0.739. The third-order valence-corrected chi connectivity index (χ3v) is 6.51. The van der Waals surface area contributed by atoms with Gasteiger partial charge in [-0.1, -0.05) is 6.92 Å². The molecule has 0 radical (unpaired) electrons. The van der Waals surface area contributed by atoms with Gasteiger partial charge < -0.3 is 20.2 Å². The van der Waals surface area contributed by atoms with E-state index in [0.29, 0.717) is 42.9 Å². The van der Waals surface area contributed by atoms with Crippen molar-refractivity contribution in [2.45, 2.75) is 51.9 Å². The predicted molar refractivity (Wildman–Crippen MR) is 118 cm³/mol. The minimum Gasteiger partial charge on any atom is -0.393 e. The summed E-state index contributed by atoms with van der Waals surface area (Å²) in [5.41, 5.74) is 2.11. The number of amides is 3. The van der Waals surface area contributed by atoms with Gasteiger partial charge in [-0.2, -0.15) is 10.4 Å². The predicted octanol–water partition coefficient (Wildman–Crippen LogP) is 2.35. The zero-order valence-electron chi connectivity index (χ0n) is 18.9. The Balaban J connectivity index is 1.61. The summed E-state index contributed by atoms with van der Waals surface area (Å²) in [5.74, 6) is -0.957. The second kappa shape index (κ2) is 8.83. The van der Waals surface area contributed by atoms with Crippen molar-refractivity contribution >= 4 is 17.6 Å². The number of halogens is 1. The Bertz CT molecular complexity index is 1140. The second-order valence-electron chi connectivity index (χ2n) is 8.79. The molecule has 2 aliphatic heterocycles. The van der Waals surface area contributed by atoms with Crippen molar-refractivity contribution in [3.63, 3.8) is 0 Å². The maximum Gasteiger partial charge on any atom is 0.322 e. The van der Waals surface area contributed by atoms with Crippen LogP contribution in [-0.2, 0) is 19.5 Å². The van der Waals surface area contributed by atoms with Gasteiger partial charge in [-0.3, -0.25) is 9.48 Å². The van der Waals surface area contributed by atoms with Gasteiger partial charge in [0.05, 0.1) is 23.9 Å². The lowest BCUT2D eigenvalue weighted by Crippen LogP contribution is -2.45. The summed E-state index contributed by atoms with van der Waals surface area (Å²) in [6.07, 6.45) is 0.529. The number of urea groups is 1. The van der Waals surface area contributed by atoms with Crippen molar-refractivity contribution in [3.8, 4) is 6.07 Å². The molecule has 4 rings (SSSR count). The summed E-state index contributed by atoms with van der Waals surface area (Å²) in [7, 11) is 1.71. The maximum atomic E-state index is 13.6. The lowest BCUT2D eigenvalue weighted by Gasteiger charge is -2.33. The van der Waals surface area contributed by atoms with Crippen LogP contribution in [0.5, 0.6) is 0 Å². The fourth-order valence-electron chi connectivity index (χ4n) is 4.59. The van der Waals surface area contributed by atoms with E-state index in [1.54, 1.807) is 27.6 Å². The molecule has 3 heterocycles. The Hall–Kier alpha value is -3.45. The summed E-state index contributed by atoms with van der Waals surface area (Å²) in [4.78, 5) is 29.4. The van der Waals surface area contributed by atoms with Crippen LogP contribution in [0.4, 0.5) is 14.9 Å². The first-order chi connectivity index (χ1) is 15.7. The summed E-state index contributed by atoms with van der Waals surface area (Å²) in [5, 5.41) is 26.8. The van der Waals surface area contributed by atoms with Gasteiger partial charge >= 0.3 is 6.03 Å². The van der Waals surface area contributed by atoms with E-state index in [2.05, 4.69) is 10.4 Å². The molecule has 2 aliphatic rings. The number of nitrogens with zero attached hydrogens (tertiary/aromatic N) is 5. The molecule has 174 valence electrons. The van der Waals surface area contributed by atoms with Crippen LogP contribution < -0.4 is 5.32 Å². The number of benzene rings is 1.